The molecule has 0 bridgehead atoms. The Labute approximate surface area is 208 Å². The highest BCUT2D eigenvalue weighted by atomic mass is 16.6. The molecular weight excluding hydrogens is 448 g/mol. The molecule has 0 aromatic heterocycles. The number of likely N-dealkylation sites (tertiary alicyclic amines) is 1. The maximum Gasteiger partial charge on any atom is 0.408 e. The molecule has 0 aliphatic carbocycles. The predicted molar refractivity (Wildman–Crippen MR) is 132 cm³/mol. The molecule has 3 aliphatic rings. The van der Waals surface area contributed by atoms with Crippen LogP contribution in [0.1, 0.15) is 72.5 Å². The van der Waals surface area contributed by atoms with Crippen molar-refractivity contribution >= 4 is 12.0 Å². The van der Waals surface area contributed by atoms with Crippen LogP contribution in [0.5, 0.6) is 11.5 Å². The first-order valence-electron chi connectivity index (χ1n) is 12.7. The molecule has 35 heavy (non-hydrogen) atoms. The Balaban J connectivity index is 1.47. The molecule has 0 unspecified atom stereocenters. The number of amides is 2. The number of ether oxygens (including phenoxy) is 4. The Bertz CT molecular complexity index is 955. The van der Waals surface area contributed by atoms with E-state index < -0.39 is 23.3 Å². The molecule has 2 saturated heterocycles. The fourth-order valence-electron chi connectivity index (χ4n) is 5.66. The van der Waals surface area contributed by atoms with Crippen LogP contribution in [0.3, 0.4) is 0 Å². The number of carbonyl (C=O) groups is 2. The van der Waals surface area contributed by atoms with Gasteiger partial charge in [0.2, 0.25) is 5.91 Å². The normalized spacial score (nSPS) is 27.9. The standard InChI is InChI=1S/C27H40N2O6/c1-8-19(28-25(31)35-26(2,3)4)24(30)29-13-12-20-16(15-29)14-18-22(33-20)17-10-9-11-21(32-7)23(17)34-27(18,5)6/h9-11,16,18-20,22H,8,12-15H2,1-7H3,(H,28,31)/t16-,18+,19-,20+,22-/m0/s1. The van der Waals surface area contributed by atoms with Crippen molar-refractivity contribution in [1.29, 1.82) is 0 Å². The number of alkyl carbamates (subject to hydrolysis) is 1. The minimum atomic E-state index is -0.614. The zero-order valence-electron chi connectivity index (χ0n) is 22.1. The summed E-state index contributed by atoms with van der Waals surface area (Å²) in [5.41, 5.74) is -0.0105. The third kappa shape index (κ3) is 5.22. The van der Waals surface area contributed by atoms with Gasteiger partial charge in [0, 0.05) is 30.5 Å². The number of nitrogens with one attached hydrogen (secondary N) is 1. The Morgan fingerprint density at radius 2 is 2.03 bits per heavy atom. The molecule has 4 rings (SSSR count). The molecule has 8 heteroatoms. The molecule has 0 spiro atoms. The van der Waals surface area contributed by atoms with E-state index in [0.717, 1.165) is 29.9 Å². The van der Waals surface area contributed by atoms with Crippen molar-refractivity contribution in [2.45, 2.75) is 90.3 Å². The van der Waals surface area contributed by atoms with E-state index in [1.165, 1.54) is 0 Å². The number of rotatable bonds is 4. The van der Waals surface area contributed by atoms with Crippen LogP contribution < -0.4 is 14.8 Å². The number of carbonyl (C=O) groups excluding carboxylic acids is 2. The van der Waals surface area contributed by atoms with Crippen LogP contribution in [0.4, 0.5) is 4.79 Å². The lowest BCUT2D eigenvalue weighted by Crippen LogP contribution is -2.58. The van der Waals surface area contributed by atoms with E-state index >= 15 is 0 Å². The lowest BCUT2D eigenvalue weighted by Gasteiger charge is -2.53. The van der Waals surface area contributed by atoms with Gasteiger partial charge in [-0.25, -0.2) is 4.79 Å². The predicted octanol–water partition coefficient (Wildman–Crippen LogP) is 4.46. The van der Waals surface area contributed by atoms with Gasteiger partial charge in [0.05, 0.1) is 19.3 Å². The van der Waals surface area contributed by atoms with E-state index in [0.29, 0.717) is 19.5 Å². The molecule has 1 N–H and O–H groups in total. The van der Waals surface area contributed by atoms with Crippen molar-refractivity contribution < 1.29 is 28.5 Å². The summed E-state index contributed by atoms with van der Waals surface area (Å²) in [4.78, 5) is 27.5. The van der Waals surface area contributed by atoms with E-state index in [1.54, 1.807) is 27.9 Å². The van der Waals surface area contributed by atoms with Crippen molar-refractivity contribution in [1.82, 2.24) is 10.2 Å². The molecule has 8 nitrogen and oxygen atoms in total. The molecular formula is C27H40N2O6. The number of para-hydroxylation sites is 1. The largest absolute Gasteiger partial charge is 0.493 e. The Kier molecular flexibility index (Phi) is 6.97. The highest BCUT2D eigenvalue weighted by Crippen LogP contribution is 2.55. The van der Waals surface area contributed by atoms with Crippen molar-refractivity contribution in [3.05, 3.63) is 23.8 Å². The van der Waals surface area contributed by atoms with Crippen molar-refractivity contribution in [3.8, 4) is 11.5 Å². The quantitative estimate of drug-likeness (QED) is 0.673. The second-order valence-corrected chi connectivity index (χ2v) is 11.5. The van der Waals surface area contributed by atoms with Gasteiger partial charge >= 0.3 is 6.09 Å². The van der Waals surface area contributed by atoms with Gasteiger partial charge in [-0.3, -0.25) is 4.79 Å². The number of benzene rings is 1. The zero-order valence-corrected chi connectivity index (χ0v) is 22.1. The van der Waals surface area contributed by atoms with Gasteiger partial charge in [-0.2, -0.15) is 0 Å². The van der Waals surface area contributed by atoms with Crippen LogP contribution in [-0.4, -0.2) is 60.4 Å². The number of nitrogens with zero attached hydrogens (tertiary/aromatic N) is 1. The van der Waals surface area contributed by atoms with Gasteiger partial charge in [-0.1, -0.05) is 19.1 Å². The van der Waals surface area contributed by atoms with E-state index in [2.05, 4.69) is 25.2 Å². The third-order valence-electron chi connectivity index (χ3n) is 7.41. The first kappa shape index (κ1) is 25.6. The van der Waals surface area contributed by atoms with Crippen LogP contribution in [0, 0.1) is 11.8 Å². The van der Waals surface area contributed by atoms with Gasteiger partial charge < -0.3 is 29.2 Å². The molecule has 194 valence electrons. The average molecular weight is 489 g/mol. The summed E-state index contributed by atoms with van der Waals surface area (Å²) in [5, 5.41) is 2.76. The molecule has 3 aliphatic heterocycles. The lowest BCUT2D eigenvalue weighted by atomic mass is 9.70. The van der Waals surface area contributed by atoms with Gasteiger partial charge in [0.15, 0.2) is 11.5 Å². The first-order valence-corrected chi connectivity index (χ1v) is 12.7. The fourth-order valence-corrected chi connectivity index (χ4v) is 5.66. The van der Waals surface area contributed by atoms with Crippen LogP contribution >= 0.6 is 0 Å². The summed E-state index contributed by atoms with van der Waals surface area (Å²) in [7, 11) is 1.66. The van der Waals surface area contributed by atoms with E-state index in [-0.39, 0.29) is 30.0 Å². The Morgan fingerprint density at radius 1 is 1.29 bits per heavy atom. The van der Waals surface area contributed by atoms with Gasteiger partial charge in [-0.15, -0.1) is 0 Å². The molecule has 3 heterocycles. The SMILES string of the molecule is CC[C@H](NC(=O)OC(C)(C)C)C(=O)N1CC[C@H]2O[C@H]3c4cccc(OC)c4OC(C)(C)[C@@H]3C[C@H]2C1. The van der Waals surface area contributed by atoms with Gasteiger partial charge in [0.1, 0.15) is 17.2 Å². The highest BCUT2D eigenvalue weighted by molar-refractivity contribution is 5.85. The molecule has 0 saturated carbocycles. The van der Waals surface area contributed by atoms with Crippen LogP contribution in [0.25, 0.3) is 0 Å². The fraction of sp³-hybridized carbons (Fsp3) is 0.704. The van der Waals surface area contributed by atoms with Crippen LogP contribution in [-0.2, 0) is 14.3 Å². The van der Waals surface area contributed by atoms with Crippen LogP contribution in [0.2, 0.25) is 0 Å². The lowest BCUT2D eigenvalue weighted by molar-refractivity contribution is -0.189. The molecule has 0 radical (unpaired) electrons. The number of hydrogen-bond donors (Lipinski definition) is 1. The third-order valence-corrected chi connectivity index (χ3v) is 7.41. The van der Waals surface area contributed by atoms with Gasteiger partial charge in [-0.05, 0) is 59.9 Å². The molecule has 5 atom stereocenters. The zero-order chi connectivity index (χ0) is 25.5. The molecule has 2 fully saturated rings. The number of hydrogen-bond acceptors (Lipinski definition) is 6. The summed E-state index contributed by atoms with van der Waals surface area (Å²) in [5.74, 6) is 1.80. The van der Waals surface area contributed by atoms with Crippen molar-refractivity contribution in [3.63, 3.8) is 0 Å². The second-order valence-electron chi connectivity index (χ2n) is 11.5. The number of piperidine rings is 1. The van der Waals surface area contributed by atoms with Gasteiger partial charge in [0.25, 0.3) is 0 Å². The maximum atomic E-state index is 13.3. The summed E-state index contributed by atoms with van der Waals surface area (Å²) in [6, 6.07) is 5.36. The van der Waals surface area contributed by atoms with E-state index in [1.807, 2.05) is 24.0 Å². The summed E-state index contributed by atoms with van der Waals surface area (Å²) in [6.45, 7) is 12.7. The van der Waals surface area contributed by atoms with Crippen LogP contribution in [0.15, 0.2) is 18.2 Å². The molecule has 1 aromatic carbocycles. The molecule has 2 amide bonds. The second kappa shape index (κ2) is 9.52. The smallest absolute Gasteiger partial charge is 0.408 e. The topological polar surface area (TPSA) is 86.3 Å². The monoisotopic (exact) mass is 488 g/mol. The number of methoxy groups -OCH3 is 1. The molecule has 1 aromatic rings. The highest BCUT2D eigenvalue weighted by Gasteiger charge is 2.52. The Morgan fingerprint density at radius 3 is 2.69 bits per heavy atom. The minimum absolute atomic E-state index is 0.0619. The summed E-state index contributed by atoms with van der Waals surface area (Å²) >= 11 is 0. The van der Waals surface area contributed by atoms with Crippen molar-refractivity contribution in [2.24, 2.45) is 11.8 Å². The van der Waals surface area contributed by atoms with E-state index in [9.17, 15) is 9.59 Å². The summed E-state index contributed by atoms with van der Waals surface area (Å²) in [6.07, 6.45) is 1.62. The average Bonchev–Trinajstić information content (AvgIpc) is 2.79. The van der Waals surface area contributed by atoms with Crippen molar-refractivity contribution in [2.75, 3.05) is 20.2 Å². The first-order chi connectivity index (χ1) is 16.4. The summed E-state index contributed by atoms with van der Waals surface area (Å²) < 4.78 is 24.1. The Hall–Kier alpha value is -2.48. The maximum absolute atomic E-state index is 13.3. The van der Waals surface area contributed by atoms with E-state index in [4.69, 9.17) is 18.9 Å². The minimum Gasteiger partial charge on any atom is -0.493 e. The number of fused-ring (bicyclic) bond motifs is 4.